The number of pyridine rings is 1. The number of hydrogen-bond donors (Lipinski definition) is 0. The van der Waals surface area contributed by atoms with Gasteiger partial charge in [0.2, 0.25) is 0 Å². The number of hydrogen-bond acceptors (Lipinski definition) is 3. The number of fused-ring (bicyclic) bond motifs is 1. The molecule has 23 heavy (non-hydrogen) atoms. The van der Waals surface area contributed by atoms with Crippen molar-refractivity contribution in [1.82, 2.24) is 9.88 Å². The standard InChI is InChI=1S/C19H18N2O2/c1-21(2)19(22)18-16-11-7-6-10-15(16)17(12-20-18)23-13-14-8-4-3-5-9-14/h3-12H,13H2,1-2H3. The Morgan fingerprint density at radius 1 is 1.00 bits per heavy atom. The molecule has 0 bridgehead atoms. The fraction of sp³-hybridized carbons (Fsp3) is 0.158. The lowest BCUT2D eigenvalue weighted by Crippen LogP contribution is -2.23. The van der Waals surface area contributed by atoms with Crippen molar-refractivity contribution >= 4 is 16.7 Å². The molecule has 0 aliphatic carbocycles. The first-order valence-corrected chi connectivity index (χ1v) is 7.43. The van der Waals surface area contributed by atoms with Gasteiger partial charge >= 0.3 is 0 Å². The molecule has 0 N–H and O–H groups in total. The summed E-state index contributed by atoms with van der Waals surface area (Å²) in [6.07, 6.45) is 1.63. The molecule has 0 aliphatic rings. The third-order valence-corrected chi connectivity index (χ3v) is 3.60. The van der Waals surface area contributed by atoms with E-state index in [1.165, 1.54) is 4.90 Å². The van der Waals surface area contributed by atoms with E-state index in [4.69, 9.17) is 4.74 Å². The van der Waals surface area contributed by atoms with Gasteiger partial charge in [-0.05, 0) is 5.56 Å². The molecule has 4 heteroatoms. The van der Waals surface area contributed by atoms with Gasteiger partial charge in [-0.15, -0.1) is 0 Å². The van der Waals surface area contributed by atoms with Crippen molar-refractivity contribution < 1.29 is 9.53 Å². The van der Waals surface area contributed by atoms with E-state index < -0.39 is 0 Å². The summed E-state index contributed by atoms with van der Waals surface area (Å²) >= 11 is 0. The number of benzene rings is 2. The van der Waals surface area contributed by atoms with Gasteiger partial charge < -0.3 is 9.64 Å². The van der Waals surface area contributed by atoms with E-state index in [2.05, 4.69) is 4.98 Å². The predicted molar refractivity (Wildman–Crippen MR) is 90.5 cm³/mol. The van der Waals surface area contributed by atoms with Crippen LogP contribution in [0.3, 0.4) is 0 Å². The molecule has 1 aromatic heterocycles. The summed E-state index contributed by atoms with van der Waals surface area (Å²) in [5, 5.41) is 1.69. The molecule has 0 aliphatic heterocycles. The number of carbonyl (C=O) groups is 1. The van der Waals surface area contributed by atoms with Crippen molar-refractivity contribution in [2.75, 3.05) is 14.1 Å². The minimum atomic E-state index is -0.115. The third kappa shape index (κ3) is 3.16. The zero-order valence-electron chi connectivity index (χ0n) is 13.2. The maximum atomic E-state index is 12.3. The largest absolute Gasteiger partial charge is 0.487 e. The third-order valence-electron chi connectivity index (χ3n) is 3.60. The lowest BCUT2D eigenvalue weighted by molar-refractivity contribution is 0.0824. The van der Waals surface area contributed by atoms with E-state index in [-0.39, 0.29) is 5.91 Å². The summed E-state index contributed by atoms with van der Waals surface area (Å²) in [7, 11) is 3.44. The average Bonchev–Trinajstić information content (AvgIpc) is 2.60. The smallest absolute Gasteiger partial charge is 0.272 e. The van der Waals surface area contributed by atoms with Crippen molar-refractivity contribution in [2.24, 2.45) is 0 Å². The van der Waals surface area contributed by atoms with Gasteiger partial charge in [-0.1, -0.05) is 54.6 Å². The van der Waals surface area contributed by atoms with Crippen LogP contribution in [0.25, 0.3) is 10.8 Å². The average molecular weight is 306 g/mol. The summed E-state index contributed by atoms with van der Waals surface area (Å²) in [6.45, 7) is 0.466. The first kappa shape index (κ1) is 15.0. The highest BCUT2D eigenvalue weighted by molar-refractivity contribution is 6.06. The van der Waals surface area contributed by atoms with Gasteiger partial charge in [-0.2, -0.15) is 0 Å². The van der Waals surface area contributed by atoms with Crippen molar-refractivity contribution in [3.05, 3.63) is 72.1 Å². The van der Waals surface area contributed by atoms with Crippen LogP contribution < -0.4 is 4.74 Å². The highest BCUT2D eigenvalue weighted by atomic mass is 16.5. The molecule has 0 spiro atoms. The monoisotopic (exact) mass is 306 g/mol. The Kier molecular flexibility index (Phi) is 4.24. The molecule has 116 valence electrons. The van der Waals surface area contributed by atoms with E-state index in [9.17, 15) is 4.79 Å². The summed E-state index contributed by atoms with van der Waals surface area (Å²) in [4.78, 5) is 18.1. The van der Waals surface area contributed by atoms with Crippen LogP contribution in [0.5, 0.6) is 5.75 Å². The van der Waals surface area contributed by atoms with Crippen LogP contribution in [0, 0.1) is 0 Å². The number of carbonyl (C=O) groups excluding carboxylic acids is 1. The summed E-state index contributed by atoms with van der Waals surface area (Å²) in [5.41, 5.74) is 1.53. The van der Waals surface area contributed by atoms with Gasteiger partial charge in [-0.25, -0.2) is 4.98 Å². The van der Waals surface area contributed by atoms with Crippen LogP contribution in [0.1, 0.15) is 16.1 Å². The van der Waals surface area contributed by atoms with E-state index in [0.29, 0.717) is 18.1 Å². The number of aromatic nitrogens is 1. The Morgan fingerprint density at radius 3 is 2.35 bits per heavy atom. The normalized spacial score (nSPS) is 10.5. The van der Waals surface area contributed by atoms with E-state index >= 15 is 0 Å². The Morgan fingerprint density at radius 2 is 1.65 bits per heavy atom. The molecular weight excluding hydrogens is 288 g/mol. The molecule has 2 aromatic carbocycles. The molecule has 3 aromatic rings. The van der Waals surface area contributed by atoms with Gasteiger partial charge in [0.25, 0.3) is 5.91 Å². The van der Waals surface area contributed by atoms with E-state index in [1.807, 2.05) is 54.6 Å². The number of rotatable bonds is 4. The van der Waals surface area contributed by atoms with Crippen molar-refractivity contribution in [2.45, 2.75) is 6.61 Å². The van der Waals surface area contributed by atoms with Crippen LogP contribution in [0.15, 0.2) is 60.8 Å². The van der Waals surface area contributed by atoms with Crippen molar-refractivity contribution in [3.8, 4) is 5.75 Å². The molecule has 1 heterocycles. The minimum Gasteiger partial charge on any atom is -0.487 e. The van der Waals surface area contributed by atoms with Crippen LogP contribution in [0.4, 0.5) is 0 Å². The van der Waals surface area contributed by atoms with Gasteiger partial charge in [-0.3, -0.25) is 4.79 Å². The molecule has 1 amide bonds. The Labute approximate surface area is 135 Å². The molecular formula is C19H18N2O2. The molecule has 4 nitrogen and oxygen atoms in total. The molecule has 0 fully saturated rings. The SMILES string of the molecule is CN(C)C(=O)c1ncc(OCc2ccccc2)c2ccccc12. The van der Waals surface area contributed by atoms with Gasteiger partial charge in [0.1, 0.15) is 18.1 Å². The Balaban J connectivity index is 1.96. The predicted octanol–water partition coefficient (Wildman–Crippen LogP) is 3.52. The van der Waals surface area contributed by atoms with Crippen LogP contribution in [-0.2, 0) is 6.61 Å². The Bertz CT molecular complexity index is 829. The molecule has 0 radical (unpaired) electrons. The Hall–Kier alpha value is -2.88. The van der Waals surface area contributed by atoms with Crippen molar-refractivity contribution in [3.63, 3.8) is 0 Å². The molecule has 0 saturated heterocycles. The van der Waals surface area contributed by atoms with Crippen molar-refractivity contribution in [1.29, 1.82) is 0 Å². The molecule has 3 rings (SSSR count). The number of ether oxygens (including phenoxy) is 1. The maximum Gasteiger partial charge on any atom is 0.272 e. The topological polar surface area (TPSA) is 42.4 Å². The second kappa shape index (κ2) is 6.48. The first-order chi connectivity index (χ1) is 11.2. The van der Waals surface area contributed by atoms with Gasteiger partial charge in [0.15, 0.2) is 0 Å². The lowest BCUT2D eigenvalue weighted by atomic mass is 10.1. The van der Waals surface area contributed by atoms with Crippen LogP contribution in [-0.4, -0.2) is 29.9 Å². The fourth-order valence-electron chi connectivity index (χ4n) is 2.40. The molecule has 0 atom stereocenters. The fourth-order valence-corrected chi connectivity index (χ4v) is 2.40. The minimum absolute atomic E-state index is 0.115. The highest BCUT2D eigenvalue weighted by Gasteiger charge is 2.16. The molecule has 0 saturated carbocycles. The summed E-state index contributed by atoms with van der Waals surface area (Å²) in [6, 6.07) is 17.6. The quantitative estimate of drug-likeness (QED) is 0.740. The second-order valence-corrected chi connectivity index (χ2v) is 5.49. The first-order valence-electron chi connectivity index (χ1n) is 7.43. The van der Waals surface area contributed by atoms with Crippen LogP contribution >= 0.6 is 0 Å². The molecule has 0 unspecified atom stereocenters. The lowest BCUT2D eigenvalue weighted by Gasteiger charge is -2.14. The number of amides is 1. The highest BCUT2D eigenvalue weighted by Crippen LogP contribution is 2.28. The second-order valence-electron chi connectivity index (χ2n) is 5.49. The maximum absolute atomic E-state index is 12.3. The van der Waals surface area contributed by atoms with E-state index in [1.54, 1.807) is 20.3 Å². The zero-order valence-corrected chi connectivity index (χ0v) is 13.2. The van der Waals surface area contributed by atoms with Crippen LogP contribution in [0.2, 0.25) is 0 Å². The van der Waals surface area contributed by atoms with E-state index in [0.717, 1.165) is 16.3 Å². The summed E-state index contributed by atoms with van der Waals surface area (Å²) < 4.78 is 5.91. The summed E-state index contributed by atoms with van der Waals surface area (Å²) in [5.74, 6) is 0.565. The zero-order chi connectivity index (χ0) is 16.2. The number of nitrogens with zero attached hydrogens (tertiary/aromatic N) is 2. The van der Waals surface area contributed by atoms with Gasteiger partial charge in [0, 0.05) is 24.9 Å². The van der Waals surface area contributed by atoms with Gasteiger partial charge in [0.05, 0.1) is 6.20 Å².